The quantitative estimate of drug-likeness (QED) is 0.316. The van der Waals surface area contributed by atoms with Crippen LogP contribution >= 0.6 is 0 Å². The minimum Gasteiger partial charge on any atom is -0.507 e. The van der Waals surface area contributed by atoms with Crippen LogP contribution in [0.1, 0.15) is 41.0 Å². The Morgan fingerprint density at radius 1 is 1.07 bits per heavy atom. The van der Waals surface area contributed by atoms with Gasteiger partial charge in [0.25, 0.3) is 0 Å². The maximum absolute atomic E-state index is 13.3. The maximum Gasteiger partial charge on any atom is 0.465 e. The number of alkyl halides is 5. The van der Waals surface area contributed by atoms with Gasteiger partial charge in [0.15, 0.2) is 11.6 Å². The van der Waals surface area contributed by atoms with E-state index >= 15 is 0 Å². The molecule has 2 rings (SSSR count). The average Bonchev–Trinajstić information content (AvgIpc) is 2.62. The van der Waals surface area contributed by atoms with Gasteiger partial charge in [0.2, 0.25) is 0 Å². The summed E-state index contributed by atoms with van der Waals surface area (Å²) < 4.78 is 68.3. The third kappa shape index (κ3) is 4.19. The van der Waals surface area contributed by atoms with Crippen LogP contribution in [0.3, 0.4) is 0 Å². The van der Waals surface area contributed by atoms with Crippen molar-refractivity contribution < 1.29 is 51.3 Å². The molecule has 1 aromatic carbocycles. The number of hydrogen-bond acceptors (Lipinski definition) is 6. The number of ketones is 2. The van der Waals surface area contributed by atoms with Gasteiger partial charge in [-0.25, -0.2) is 4.79 Å². The maximum atomic E-state index is 13.3. The first kappa shape index (κ1) is 23.0. The number of fused-ring (bicyclic) bond motifs is 1. The zero-order valence-electron chi connectivity index (χ0n) is 15.5. The van der Waals surface area contributed by atoms with Crippen LogP contribution in [0.4, 0.5) is 22.0 Å². The minimum atomic E-state index is -6.23. The third-order valence-corrected chi connectivity index (χ3v) is 4.13. The molecule has 0 saturated carbocycles. The van der Waals surface area contributed by atoms with Crippen molar-refractivity contribution in [3.05, 3.63) is 46.6 Å². The van der Waals surface area contributed by atoms with Crippen molar-refractivity contribution in [2.75, 3.05) is 0 Å². The van der Waals surface area contributed by atoms with E-state index in [0.717, 1.165) is 12.1 Å². The van der Waals surface area contributed by atoms with Crippen LogP contribution in [0.15, 0.2) is 35.4 Å². The number of esters is 1. The van der Waals surface area contributed by atoms with Crippen molar-refractivity contribution in [1.29, 1.82) is 0 Å². The summed E-state index contributed by atoms with van der Waals surface area (Å²) in [5.74, 6) is -12.4. The second-order valence-electron chi connectivity index (χ2n) is 6.63. The predicted molar refractivity (Wildman–Crippen MR) is 91.4 cm³/mol. The highest BCUT2D eigenvalue weighted by molar-refractivity contribution is 6.27. The molecule has 1 aliphatic carbocycles. The lowest BCUT2D eigenvalue weighted by Gasteiger charge is -2.25. The van der Waals surface area contributed by atoms with Gasteiger partial charge in [0.1, 0.15) is 17.6 Å². The Bertz CT molecular complexity index is 970. The molecule has 0 spiro atoms. The van der Waals surface area contributed by atoms with Crippen LogP contribution in [-0.4, -0.2) is 46.0 Å². The number of aromatic hydroxyl groups is 2. The summed E-state index contributed by atoms with van der Waals surface area (Å²) in [6, 6.07) is 1.82. The molecule has 0 radical (unpaired) electrons. The minimum absolute atomic E-state index is 0.498. The van der Waals surface area contributed by atoms with Crippen LogP contribution in [-0.2, 0) is 9.53 Å². The van der Waals surface area contributed by atoms with E-state index in [9.17, 15) is 46.5 Å². The number of hydrogen-bond donors (Lipinski definition) is 2. The van der Waals surface area contributed by atoms with E-state index in [0.29, 0.717) is 11.6 Å². The molecule has 0 heterocycles. The van der Waals surface area contributed by atoms with Gasteiger partial charge in [-0.2, -0.15) is 22.0 Å². The molecule has 0 aromatic heterocycles. The van der Waals surface area contributed by atoms with E-state index in [1.54, 1.807) is 13.8 Å². The number of ether oxygens (including phenoxy) is 1. The van der Waals surface area contributed by atoms with E-state index in [1.807, 2.05) is 0 Å². The second kappa shape index (κ2) is 7.88. The number of halogens is 5. The number of phenolic OH excluding ortho intramolecular Hbond substituents is 2. The molecule has 1 aromatic rings. The monoisotopic (exact) mass is 434 g/mol. The third-order valence-electron chi connectivity index (χ3n) is 4.13. The van der Waals surface area contributed by atoms with Gasteiger partial charge in [-0.05, 0) is 32.1 Å². The Kier molecular flexibility index (Phi) is 6.05. The van der Waals surface area contributed by atoms with E-state index in [1.165, 1.54) is 6.08 Å². The molecule has 0 fully saturated rings. The smallest absolute Gasteiger partial charge is 0.465 e. The van der Waals surface area contributed by atoms with Gasteiger partial charge in [-0.3, -0.25) is 9.59 Å². The van der Waals surface area contributed by atoms with Gasteiger partial charge in [0.05, 0.1) is 11.1 Å². The van der Waals surface area contributed by atoms with Gasteiger partial charge < -0.3 is 14.9 Å². The lowest BCUT2D eigenvalue weighted by Crippen LogP contribution is -2.47. The number of Topliss-reactive ketones (excluding diaryl/α,β-unsaturated/α-hetero) is 1. The van der Waals surface area contributed by atoms with Crippen LogP contribution in [0.25, 0.3) is 0 Å². The van der Waals surface area contributed by atoms with Crippen molar-refractivity contribution in [3.8, 4) is 11.5 Å². The van der Waals surface area contributed by atoms with Gasteiger partial charge >= 0.3 is 18.1 Å². The summed E-state index contributed by atoms with van der Waals surface area (Å²) in [4.78, 5) is 36.6. The molecule has 0 unspecified atom stereocenters. The number of benzene rings is 1. The summed E-state index contributed by atoms with van der Waals surface area (Å²) in [5, 5.41) is 19.7. The standard InChI is InChI=1S/C19H15F5O6/c1-8(2)3-6-13(30-17(29)18(20,21)19(22,23)24)9-7-12(27)14-10(25)4-5-11(26)15(14)16(9)28/h3-5,7,13,25-26H,6H2,1-2H3/t13-/m1/s1. The molecule has 1 aliphatic rings. The van der Waals surface area contributed by atoms with Crippen molar-refractivity contribution in [3.63, 3.8) is 0 Å². The van der Waals surface area contributed by atoms with Crippen molar-refractivity contribution in [1.82, 2.24) is 0 Å². The topological polar surface area (TPSA) is 101 Å². The summed E-state index contributed by atoms with van der Waals surface area (Å²) in [6.45, 7) is 3.09. The number of rotatable bonds is 5. The Morgan fingerprint density at radius 2 is 1.60 bits per heavy atom. The first-order valence-electron chi connectivity index (χ1n) is 8.33. The molecule has 30 heavy (non-hydrogen) atoms. The highest BCUT2D eigenvalue weighted by Gasteiger charge is 2.65. The fraction of sp³-hybridized carbons (Fsp3) is 0.316. The number of carbonyl (C=O) groups excluding carboxylic acids is 3. The van der Waals surface area contributed by atoms with Gasteiger partial charge in [-0.1, -0.05) is 11.6 Å². The average molecular weight is 434 g/mol. The largest absolute Gasteiger partial charge is 0.507 e. The predicted octanol–water partition coefficient (Wildman–Crippen LogP) is 3.87. The van der Waals surface area contributed by atoms with Gasteiger partial charge in [0, 0.05) is 12.0 Å². The summed E-state index contributed by atoms with van der Waals surface area (Å²) >= 11 is 0. The molecule has 1 atom stereocenters. The zero-order chi connectivity index (χ0) is 23.0. The van der Waals surface area contributed by atoms with Crippen molar-refractivity contribution >= 4 is 17.5 Å². The number of carbonyl (C=O) groups is 3. The fourth-order valence-electron chi connectivity index (χ4n) is 2.62. The summed E-state index contributed by atoms with van der Waals surface area (Å²) in [7, 11) is 0. The molecular formula is C19H15F5O6. The molecule has 2 N–H and O–H groups in total. The Balaban J connectivity index is 2.52. The molecule has 6 nitrogen and oxygen atoms in total. The first-order valence-corrected chi connectivity index (χ1v) is 8.33. The highest BCUT2D eigenvalue weighted by atomic mass is 19.4. The highest BCUT2D eigenvalue weighted by Crippen LogP contribution is 2.39. The summed E-state index contributed by atoms with van der Waals surface area (Å²) in [5.41, 5.74) is -1.43. The van der Waals surface area contributed by atoms with Gasteiger partial charge in [-0.15, -0.1) is 0 Å². The first-order chi connectivity index (χ1) is 13.7. The SMILES string of the molecule is CC(C)=CC[C@@H](OC(=O)C(F)(F)C(F)(F)F)C1=CC(=O)c2c(O)ccc(O)c2C1=O. The van der Waals surface area contributed by atoms with Crippen LogP contribution in [0.5, 0.6) is 11.5 Å². The summed E-state index contributed by atoms with van der Waals surface area (Å²) in [6.07, 6.45) is -6.86. The fourth-order valence-corrected chi connectivity index (χ4v) is 2.62. The molecule has 0 bridgehead atoms. The van der Waals surface area contributed by atoms with E-state index in [4.69, 9.17) is 0 Å². The van der Waals surface area contributed by atoms with Crippen molar-refractivity contribution in [2.24, 2.45) is 0 Å². The van der Waals surface area contributed by atoms with Crippen LogP contribution in [0, 0.1) is 0 Å². The van der Waals surface area contributed by atoms with Crippen LogP contribution < -0.4 is 0 Å². The van der Waals surface area contributed by atoms with E-state index in [2.05, 4.69) is 4.74 Å². The molecule has 0 saturated heterocycles. The zero-order valence-corrected chi connectivity index (χ0v) is 15.5. The van der Waals surface area contributed by atoms with Crippen LogP contribution in [0.2, 0.25) is 0 Å². The molecule has 162 valence electrons. The Morgan fingerprint density at radius 3 is 2.10 bits per heavy atom. The molecule has 0 amide bonds. The molecular weight excluding hydrogens is 419 g/mol. The Labute approximate surface area is 166 Å². The van der Waals surface area contributed by atoms with E-state index < -0.39 is 70.4 Å². The van der Waals surface area contributed by atoms with Crippen molar-refractivity contribution in [2.45, 2.75) is 38.5 Å². The number of allylic oxidation sites excluding steroid dienone is 2. The number of phenols is 2. The lowest BCUT2D eigenvalue weighted by atomic mass is 9.85. The molecule has 0 aliphatic heterocycles. The Hall–Kier alpha value is -3.24. The lowest BCUT2D eigenvalue weighted by molar-refractivity contribution is -0.281. The van der Waals surface area contributed by atoms with E-state index in [-0.39, 0.29) is 0 Å². The molecule has 11 heteroatoms. The second-order valence-corrected chi connectivity index (χ2v) is 6.63. The normalized spacial score (nSPS) is 15.2.